The highest BCUT2D eigenvalue weighted by molar-refractivity contribution is 6.30. The number of hydrogen-bond acceptors (Lipinski definition) is 1. The molecule has 0 fully saturated rings. The monoisotopic (exact) mass is 214 g/mol. The van der Waals surface area contributed by atoms with Gasteiger partial charge in [0, 0.05) is 0 Å². The summed E-state index contributed by atoms with van der Waals surface area (Å²) in [4.78, 5) is 10.7. The summed E-state index contributed by atoms with van der Waals surface area (Å²) >= 11 is 5.52. The molecule has 1 aromatic rings. The van der Waals surface area contributed by atoms with E-state index in [1.165, 1.54) is 18.2 Å². The molecule has 4 heteroatoms. The Bertz CT molecular complexity index is 376. The molecule has 1 atom stereocenters. The van der Waals surface area contributed by atoms with Gasteiger partial charge in [0.2, 0.25) is 0 Å². The van der Waals surface area contributed by atoms with Crippen LogP contribution in [0.1, 0.15) is 11.5 Å². The van der Waals surface area contributed by atoms with Crippen LogP contribution in [0.5, 0.6) is 0 Å². The van der Waals surface area contributed by atoms with E-state index in [1.807, 2.05) is 0 Å². The Kier molecular flexibility index (Phi) is 3.25. The van der Waals surface area contributed by atoms with Crippen molar-refractivity contribution in [1.29, 1.82) is 0 Å². The van der Waals surface area contributed by atoms with Crippen molar-refractivity contribution >= 4 is 17.6 Å². The minimum atomic E-state index is -1.04. The van der Waals surface area contributed by atoms with Crippen LogP contribution in [0, 0.1) is 5.82 Å². The maximum absolute atomic E-state index is 12.8. The molecule has 0 bridgehead atoms. The molecule has 0 aliphatic rings. The molecule has 1 N–H and O–H groups in total. The third-order valence-corrected chi connectivity index (χ3v) is 2.09. The van der Waals surface area contributed by atoms with E-state index in [4.69, 9.17) is 16.7 Å². The van der Waals surface area contributed by atoms with Crippen molar-refractivity contribution in [2.24, 2.45) is 0 Å². The van der Waals surface area contributed by atoms with Gasteiger partial charge in [-0.15, -0.1) is 6.58 Å². The lowest BCUT2D eigenvalue weighted by atomic mass is 10.00. The number of halogens is 2. The zero-order chi connectivity index (χ0) is 10.7. The predicted octanol–water partition coefficient (Wildman–Crippen LogP) is 2.83. The Hall–Kier alpha value is -1.35. The van der Waals surface area contributed by atoms with E-state index >= 15 is 0 Å². The van der Waals surface area contributed by atoms with E-state index in [0.29, 0.717) is 5.56 Å². The first-order valence-electron chi connectivity index (χ1n) is 3.86. The second-order valence-corrected chi connectivity index (χ2v) is 3.13. The van der Waals surface area contributed by atoms with Crippen LogP contribution in [0.2, 0.25) is 5.02 Å². The Labute approximate surface area is 85.6 Å². The topological polar surface area (TPSA) is 37.3 Å². The maximum Gasteiger partial charge on any atom is 0.314 e. The number of rotatable bonds is 3. The van der Waals surface area contributed by atoms with E-state index < -0.39 is 17.7 Å². The summed E-state index contributed by atoms with van der Waals surface area (Å²) in [5.41, 5.74) is 0.416. The highest BCUT2D eigenvalue weighted by Crippen LogP contribution is 2.23. The van der Waals surface area contributed by atoms with Gasteiger partial charge >= 0.3 is 5.97 Å². The largest absolute Gasteiger partial charge is 0.481 e. The number of carboxylic acids is 1. The lowest BCUT2D eigenvalue weighted by molar-refractivity contribution is -0.137. The second-order valence-electron chi connectivity index (χ2n) is 2.73. The quantitative estimate of drug-likeness (QED) is 0.786. The number of benzene rings is 1. The van der Waals surface area contributed by atoms with Gasteiger partial charge in [0.25, 0.3) is 0 Å². The van der Waals surface area contributed by atoms with Crippen molar-refractivity contribution in [2.75, 3.05) is 0 Å². The van der Waals surface area contributed by atoms with Crippen LogP contribution in [-0.4, -0.2) is 11.1 Å². The fraction of sp³-hybridized carbons (Fsp3) is 0.100. The zero-order valence-electron chi connectivity index (χ0n) is 7.21. The summed E-state index contributed by atoms with van der Waals surface area (Å²) in [5, 5.41) is 8.69. The summed E-state index contributed by atoms with van der Waals surface area (Å²) in [6.45, 7) is 3.39. The summed E-state index contributed by atoms with van der Waals surface area (Å²) < 4.78 is 12.8. The second kappa shape index (κ2) is 4.24. The number of carbonyl (C=O) groups is 1. The molecule has 0 aliphatic carbocycles. The Morgan fingerprint density at radius 2 is 2.29 bits per heavy atom. The van der Waals surface area contributed by atoms with Crippen LogP contribution < -0.4 is 0 Å². The molecule has 0 saturated carbocycles. The fourth-order valence-corrected chi connectivity index (χ4v) is 1.27. The van der Waals surface area contributed by atoms with Gasteiger partial charge in [0.15, 0.2) is 0 Å². The summed E-state index contributed by atoms with van der Waals surface area (Å²) in [5.74, 6) is -2.46. The van der Waals surface area contributed by atoms with Crippen LogP contribution in [0.25, 0.3) is 0 Å². The summed E-state index contributed by atoms with van der Waals surface area (Å²) in [7, 11) is 0. The molecule has 0 amide bonds. The van der Waals surface area contributed by atoms with E-state index in [2.05, 4.69) is 6.58 Å². The third-order valence-electron chi connectivity index (χ3n) is 1.80. The van der Waals surface area contributed by atoms with Crippen molar-refractivity contribution in [1.82, 2.24) is 0 Å². The molecular formula is C10H8ClFO2. The number of aliphatic carboxylic acids is 1. The Balaban J connectivity index is 3.12. The molecule has 2 nitrogen and oxygen atoms in total. The summed E-state index contributed by atoms with van der Waals surface area (Å²) in [6, 6.07) is 3.80. The molecule has 1 rings (SSSR count). The fourth-order valence-electron chi connectivity index (χ4n) is 1.09. The smallest absolute Gasteiger partial charge is 0.314 e. The minimum Gasteiger partial charge on any atom is -0.481 e. The molecule has 0 radical (unpaired) electrons. The SMILES string of the molecule is C=CC(C(=O)O)c1ccc(F)c(Cl)c1. The zero-order valence-corrected chi connectivity index (χ0v) is 7.96. The van der Waals surface area contributed by atoms with Gasteiger partial charge in [-0.25, -0.2) is 4.39 Å². The Morgan fingerprint density at radius 3 is 2.71 bits per heavy atom. The van der Waals surface area contributed by atoms with Gasteiger partial charge in [-0.3, -0.25) is 4.79 Å². The third kappa shape index (κ3) is 2.12. The Morgan fingerprint density at radius 1 is 1.64 bits per heavy atom. The first kappa shape index (κ1) is 10.7. The van der Waals surface area contributed by atoms with Crippen LogP contribution >= 0.6 is 11.6 Å². The number of hydrogen-bond donors (Lipinski definition) is 1. The van der Waals surface area contributed by atoms with Crippen molar-refractivity contribution in [3.05, 3.63) is 47.3 Å². The van der Waals surface area contributed by atoms with Crippen molar-refractivity contribution in [3.63, 3.8) is 0 Å². The highest BCUT2D eigenvalue weighted by Gasteiger charge is 2.16. The van der Waals surface area contributed by atoms with Gasteiger partial charge in [-0.1, -0.05) is 23.7 Å². The first-order valence-corrected chi connectivity index (χ1v) is 4.24. The van der Waals surface area contributed by atoms with Crippen LogP contribution in [0.4, 0.5) is 4.39 Å². The van der Waals surface area contributed by atoms with E-state index in [0.717, 1.165) is 6.07 Å². The van der Waals surface area contributed by atoms with Gasteiger partial charge in [0.1, 0.15) is 5.82 Å². The molecule has 74 valence electrons. The lowest BCUT2D eigenvalue weighted by Crippen LogP contribution is -2.08. The van der Waals surface area contributed by atoms with Gasteiger partial charge in [-0.2, -0.15) is 0 Å². The molecule has 1 aromatic carbocycles. The van der Waals surface area contributed by atoms with Crippen molar-refractivity contribution in [3.8, 4) is 0 Å². The molecule has 0 saturated heterocycles. The first-order chi connectivity index (χ1) is 6.56. The normalized spacial score (nSPS) is 12.1. The van der Waals surface area contributed by atoms with Gasteiger partial charge < -0.3 is 5.11 Å². The van der Waals surface area contributed by atoms with Crippen LogP contribution in [-0.2, 0) is 4.79 Å². The van der Waals surface area contributed by atoms with Crippen LogP contribution in [0.15, 0.2) is 30.9 Å². The van der Waals surface area contributed by atoms with Gasteiger partial charge in [0.05, 0.1) is 10.9 Å². The predicted molar refractivity (Wildman–Crippen MR) is 52.0 cm³/mol. The highest BCUT2D eigenvalue weighted by atomic mass is 35.5. The van der Waals surface area contributed by atoms with Gasteiger partial charge in [-0.05, 0) is 17.7 Å². The molecule has 0 aromatic heterocycles. The lowest BCUT2D eigenvalue weighted by Gasteiger charge is -2.07. The van der Waals surface area contributed by atoms with Crippen molar-refractivity contribution < 1.29 is 14.3 Å². The summed E-state index contributed by atoms with van der Waals surface area (Å²) in [6.07, 6.45) is 1.27. The van der Waals surface area contributed by atoms with E-state index in [1.54, 1.807) is 0 Å². The average molecular weight is 215 g/mol. The average Bonchev–Trinajstić information content (AvgIpc) is 2.11. The maximum atomic E-state index is 12.8. The number of carboxylic acid groups (broad SMARTS) is 1. The molecular weight excluding hydrogens is 207 g/mol. The minimum absolute atomic E-state index is 0.0874. The van der Waals surface area contributed by atoms with Crippen LogP contribution in [0.3, 0.4) is 0 Å². The molecule has 14 heavy (non-hydrogen) atoms. The van der Waals surface area contributed by atoms with E-state index in [9.17, 15) is 9.18 Å². The molecule has 0 aliphatic heterocycles. The van der Waals surface area contributed by atoms with E-state index in [-0.39, 0.29) is 5.02 Å². The standard InChI is InChI=1S/C10H8ClFO2/c1-2-7(10(13)14)6-3-4-9(12)8(11)5-6/h2-5,7H,1H2,(H,13,14). The molecule has 1 unspecified atom stereocenters. The molecule has 0 heterocycles. The van der Waals surface area contributed by atoms with Crippen molar-refractivity contribution in [2.45, 2.75) is 5.92 Å². The molecule has 0 spiro atoms.